The largest absolute Gasteiger partial charge is 0.481 e. The molecule has 1 aromatic heterocycles. The number of hydrogen-bond acceptors (Lipinski definition) is 5. The van der Waals surface area contributed by atoms with Crippen molar-refractivity contribution >= 4 is 18.3 Å². The zero-order valence-electron chi connectivity index (χ0n) is 16.6. The van der Waals surface area contributed by atoms with E-state index in [1.54, 1.807) is 0 Å². The fourth-order valence-electron chi connectivity index (χ4n) is 3.80. The summed E-state index contributed by atoms with van der Waals surface area (Å²) < 4.78 is 64.0. The van der Waals surface area contributed by atoms with Gasteiger partial charge < -0.3 is 20.1 Å². The van der Waals surface area contributed by atoms with Gasteiger partial charge in [0.25, 0.3) is 5.88 Å². The molecule has 1 amide bonds. The predicted molar refractivity (Wildman–Crippen MR) is 103 cm³/mol. The molecule has 2 fully saturated rings. The van der Waals surface area contributed by atoms with Crippen LogP contribution in [0.4, 0.5) is 17.6 Å². The second-order valence-electron chi connectivity index (χ2n) is 7.46. The fraction of sp³-hybridized carbons (Fsp3) is 0.684. The Morgan fingerprint density at radius 3 is 2.67 bits per heavy atom. The Bertz CT molecular complexity index is 730. The Morgan fingerprint density at radius 1 is 1.27 bits per heavy atom. The van der Waals surface area contributed by atoms with Gasteiger partial charge in [-0.15, -0.1) is 12.4 Å². The summed E-state index contributed by atoms with van der Waals surface area (Å²) >= 11 is 0. The molecule has 1 aromatic rings. The van der Waals surface area contributed by atoms with Gasteiger partial charge in [0.2, 0.25) is 11.8 Å². The van der Waals surface area contributed by atoms with Crippen molar-refractivity contribution < 1.29 is 31.8 Å². The zero-order valence-corrected chi connectivity index (χ0v) is 17.4. The van der Waals surface area contributed by atoms with E-state index in [0.717, 1.165) is 25.5 Å². The van der Waals surface area contributed by atoms with Crippen LogP contribution in [0.15, 0.2) is 6.07 Å². The first-order valence-electron chi connectivity index (χ1n) is 9.75. The number of pyridine rings is 1. The van der Waals surface area contributed by atoms with Gasteiger partial charge in [0.15, 0.2) is 5.82 Å². The van der Waals surface area contributed by atoms with Crippen LogP contribution in [0.25, 0.3) is 0 Å². The molecule has 1 aliphatic heterocycles. The molecule has 1 unspecified atom stereocenters. The Labute approximate surface area is 178 Å². The highest BCUT2D eigenvalue weighted by Gasteiger charge is 2.43. The smallest absolute Gasteiger partial charge is 0.391 e. The molecule has 3 atom stereocenters. The van der Waals surface area contributed by atoms with Crippen molar-refractivity contribution in [1.82, 2.24) is 15.6 Å². The Morgan fingerprint density at radius 2 is 2.03 bits per heavy atom. The molecule has 30 heavy (non-hydrogen) atoms. The van der Waals surface area contributed by atoms with Gasteiger partial charge >= 0.3 is 6.18 Å². The first kappa shape index (κ1) is 24.5. The quantitative estimate of drug-likeness (QED) is 0.642. The summed E-state index contributed by atoms with van der Waals surface area (Å²) in [5.74, 6) is -2.77. The molecule has 1 saturated carbocycles. The number of methoxy groups -OCH3 is 1. The minimum atomic E-state index is -4.29. The molecule has 1 aliphatic carbocycles. The Hall–Kier alpha value is -1.81. The van der Waals surface area contributed by atoms with Crippen molar-refractivity contribution in [2.24, 2.45) is 5.92 Å². The minimum Gasteiger partial charge on any atom is -0.481 e. The summed E-state index contributed by atoms with van der Waals surface area (Å²) in [6, 6.07) is 0.863. The molecule has 1 saturated heterocycles. The molecule has 0 spiro atoms. The fourth-order valence-corrected chi connectivity index (χ4v) is 3.80. The normalized spacial score (nSPS) is 24.1. The standard InChI is InChI=1S/C19H25F4N3O3.ClH/c1-28-17-11(10-25-16(27)15-6-3-7-24-15)8-14(20)18(26-17)29-13-5-2-4-12(9-13)19(21,22)23;/h8,12-13,15,24H,2-7,9-10H2,1H3,(H,25,27);1H/t12-,13-,15?;/m0./s1. The topological polar surface area (TPSA) is 72.5 Å². The van der Waals surface area contributed by atoms with Crippen molar-refractivity contribution in [2.75, 3.05) is 13.7 Å². The number of carbonyl (C=O) groups excluding carboxylic acids is 1. The van der Waals surface area contributed by atoms with E-state index in [1.165, 1.54) is 7.11 Å². The van der Waals surface area contributed by atoms with Gasteiger partial charge in [-0.3, -0.25) is 4.79 Å². The maximum Gasteiger partial charge on any atom is 0.391 e. The van der Waals surface area contributed by atoms with E-state index in [-0.39, 0.29) is 55.5 Å². The van der Waals surface area contributed by atoms with Crippen LogP contribution in [-0.4, -0.2) is 42.9 Å². The number of nitrogens with zero attached hydrogens (tertiary/aromatic N) is 1. The third-order valence-electron chi connectivity index (χ3n) is 5.37. The van der Waals surface area contributed by atoms with Crippen LogP contribution in [0.2, 0.25) is 0 Å². The summed E-state index contributed by atoms with van der Waals surface area (Å²) in [5.41, 5.74) is 0.320. The number of nitrogens with one attached hydrogen (secondary N) is 2. The number of alkyl halides is 3. The summed E-state index contributed by atoms with van der Waals surface area (Å²) in [5, 5.41) is 5.78. The highest BCUT2D eigenvalue weighted by atomic mass is 35.5. The SMILES string of the molecule is COc1nc(O[C@H]2CCC[C@H](C(F)(F)F)C2)c(F)cc1CNC(=O)C1CCCN1.Cl. The lowest BCUT2D eigenvalue weighted by Gasteiger charge is -2.30. The van der Waals surface area contributed by atoms with Crippen molar-refractivity contribution in [3.8, 4) is 11.8 Å². The highest BCUT2D eigenvalue weighted by molar-refractivity contribution is 5.85. The van der Waals surface area contributed by atoms with Crippen molar-refractivity contribution in [3.05, 3.63) is 17.4 Å². The molecule has 0 radical (unpaired) electrons. The van der Waals surface area contributed by atoms with Gasteiger partial charge in [-0.05, 0) is 51.1 Å². The van der Waals surface area contributed by atoms with Crippen molar-refractivity contribution in [1.29, 1.82) is 0 Å². The maximum atomic E-state index is 14.5. The molecular weight excluding hydrogens is 430 g/mol. The van der Waals surface area contributed by atoms with Gasteiger partial charge in [0.1, 0.15) is 6.10 Å². The van der Waals surface area contributed by atoms with Crippen LogP contribution in [0.5, 0.6) is 11.8 Å². The van der Waals surface area contributed by atoms with Crippen molar-refractivity contribution in [3.63, 3.8) is 0 Å². The number of amides is 1. The van der Waals surface area contributed by atoms with Gasteiger partial charge in [-0.25, -0.2) is 4.39 Å². The van der Waals surface area contributed by atoms with E-state index in [2.05, 4.69) is 15.6 Å². The van der Waals surface area contributed by atoms with Crippen LogP contribution in [0, 0.1) is 11.7 Å². The maximum absolute atomic E-state index is 14.5. The second-order valence-corrected chi connectivity index (χ2v) is 7.46. The number of rotatable bonds is 6. The number of aromatic nitrogens is 1. The molecule has 2 N–H and O–H groups in total. The van der Waals surface area contributed by atoms with E-state index < -0.39 is 24.0 Å². The molecule has 3 rings (SSSR count). The molecule has 0 aromatic carbocycles. The molecule has 0 bridgehead atoms. The predicted octanol–water partition coefficient (Wildman–Crippen LogP) is 3.52. The zero-order chi connectivity index (χ0) is 21.0. The lowest BCUT2D eigenvalue weighted by molar-refractivity contribution is -0.188. The molecule has 2 aliphatic rings. The first-order chi connectivity index (χ1) is 13.8. The second kappa shape index (κ2) is 10.5. The average Bonchev–Trinajstić information content (AvgIpc) is 3.22. The summed E-state index contributed by atoms with van der Waals surface area (Å²) in [6.07, 6.45) is -2.81. The third kappa shape index (κ3) is 6.10. The van der Waals surface area contributed by atoms with Crippen LogP contribution >= 0.6 is 12.4 Å². The van der Waals surface area contributed by atoms with Gasteiger partial charge in [-0.1, -0.05) is 0 Å². The molecular formula is C19H26ClF4N3O3. The molecule has 170 valence electrons. The van der Waals surface area contributed by atoms with E-state index >= 15 is 0 Å². The van der Waals surface area contributed by atoms with Crippen LogP contribution in [-0.2, 0) is 11.3 Å². The van der Waals surface area contributed by atoms with E-state index in [0.29, 0.717) is 18.4 Å². The molecule has 2 heterocycles. The van der Waals surface area contributed by atoms with E-state index in [9.17, 15) is 22.4 Å². The van der Waals surface area contributed by atoms with Crippen LogP contribution < -0.4 is 20.1 Å². The third-order valence-corrected chi connectivity index (χ3v) is 5.37. The lowest BCUT2D eigenvalue weighted by Crippen LogP contribution is -2.40. The van der Waals surface area contributed by atoms with Gasteiger partial charge in [0, 0.05) is 12.1 Å². The monoisotopic (exact) mass is 455 g/mol. The summed E-state index contributed by atoms with van der Waals surface area (Å²) in [4.78, 5) is 16.1. The van der Waals surface area contributed by atoms with E-state index in [4.69, 9.17) is 9.47 Å². The van der Waals surface area contributed by atoms with Gasteiger partial charge in [-0.2, -0.15) is 18.2 Å². The number of hydrogen-bond donors (Lipinski definition) is 2. The van der Waals surface area contributed by atoms with E-state index in [1.807, 2.05) is 0 Å². The summed E-state index contributed by atoms with van der Waals surface area (Å²) in [7, 11) is 1.34. The molecule has 11 heteroatoms. The Balaban J connectivity index is 0.00000320. The molecule has 6 nitrogen and oxygen atoms in total. The van der Waals surface area contributed by atoms with Crippen LogP contribution in [0.1, 0.15) is 44.1 Å². The average molecular weight is 456 g/mol. The number of halogens is 5. The minimum absolute atomic E-state index is 0. The van der Waals surface area contributed by atoms with Gasteiger partial charge in [0.05, 0.1) is 19.1 Å². The first-order valence-corrected chi connectivity index (χ1v) is 9.75. The number of carbonyl (C=O) groups is 1. The van der Waals surface area contributed by atoms with Crippen LogP contribution in [0.3, 0.4) is 0 Å². The summed E-state index contributed by atoms with van der Waals surface area (Å²) in [6.45, 7) is 0.796. The number of ether oxygens (including phenoxy) is 2. The Kier molecular flexibility index (Phi) is 8.54. The van der Waals surface area contributed by atoms with Crippen molar-refractivity contribution in [2.45, 2.75) is 63.4 Å². The highest BCUT2D eigenvalue weighted by Crippen LogP contribution is 2.39. The lowest BCUT2D eigenvalue weighted by atomic mass is 9.87.